The van der Waals surface area contributed by atoms with Gasteiger partial charge >= 0.3 is 0 Å². The number of aliphatic imine (C=N–C) groups is 1. The Labute approximate surface area is 178 Å². The Morgan fingerprint density at radius 1 is 1.13 bits per heavy atom. The topological polar surface area (TPSA) is 117 Å². The van der Waals surface area contributed by atoms with Gasteiger partial charge in [-0.1, -0.05) is 6.07 Å². The first kappa shape index (κ1) is 20.4. The first-order valence-corrected chi connectivity index (χ1v) is 11.9. The highest BCUT2D eigenvalue weighted by molar-refractivity contribution is 7.99. The third-order valence-corrected chi connectivity index (χ3v) is 7.09. The molecule has 8 nitrogen and oxygen atoms in total. The summed E-state index contributed by atoms with van der Waals surface area (Å²) in [6.45, 7) is 0.619. The molecular weight excluding hydrogens is 424 g/mol. The quantitative estimate of drug-likeness (QED) is 0.670. The van der Waals surface area contributed by atoms with Gasteiger partial charge in [-0.15, -0.1) is 11.8 Å². The van der Waals surface area contributed by atoms with Crippen LogP contribution in [0.15, 0.2) is 57.2 Å². The fourth-order valence-electron chi connectivity index (χ4n) is 3.14. The van der Waals surface area contributed by atoms with Crippen LogP contribution >= 0.6 is 11.8 Å². The van der Waals surface area contributed by atoms with E-state index in [4.69, 9.17) is 0 Å². The van der Waals surface area contributed by atoms with Gasteiger partial charge in [0.2, 0.25) is 5.91 Å². The molecule has 0 saturated carbocycles. The number of fused-ring (bicyclic) bond motifs is 1. The molecule has 2 aliphatic rings. The molecule has 2 heterocycles. The summed E-state index contributed by atoms with van der Waals surface area (Å²) in [6.07, 6.45) is 1.85. The van der Waals surface area contributed by atoms with E-state index < -0.39 is 15.9 Å². The van der Waals surface area contributed by atoms with Gasteiger partial charge in [-0.25, -0.2) is 8.42 Å². The molecule has 4 rings (SSSR count). The van der Waals surface area contributed by atoms with E-state index in [0.717, 1.165) is 11.3 Å². The normalized spacial score (nSPS) is 16.1. The Bertz CT molecular complexity index is 1150. The number of amides is 2. The molecule has 0 unspecified atom stereocenters. The monoisotopic (exact) mass is 444 g/mol. The third kappa shape index (κ3) is 4.65. The van der Waals surface area contributed by atoms with E-state index in [1.165, 1.54) is 12.1 Å². The second-order valence-electron chi connectivity index (χ2n) is 6.88. The standard InChI is InChI=1S/C20H20N4O4S2/c25-19-8-10-29-17-7-6-13(11-16(17)23-19)20(26)22-14-3-1-4-15(12-14)30(27,28)24-18-5-2-9-21-18/h1,3-4,6-7,11-12H,2,5,8-10H2,(H,21,24)(H,22,26)(H,23,25). The number of hydrogen-bond donors (Lipinski definition) is 3. The van der Waals surface area contributed by atoms with E-state index in [2.05, 4.69) is 20.3 Å². The second kappa shape index (κ2) is 8.49. The number of thioether (sulfide) groups is 1. The summed E-state index contributed by atoms with van der Waals surface area (Å²) in [5.41, 5.74) is 1.32. The molecule has 3 N–H and O–H groups in total. The van der Waals surface area contributed by atoms with E-state index in [1.807, 2.05) is 0 Å². The average Bonchev–Trinajstić information content (AvgIpc) is 3.13. The van der Waals surface area contributed by atoms with Gasteiger partial charge in [-0.05, 0) is 42.8 Å². The van der Waals surface area contributed by atoms with Gasteiger partial charge in [0.25, 0.3) is 15.9 Å². The molecule has 0 aromatic heterocycles. The Balaban J connectivity index is 1.51. The van der Waals surface area contributed by atoms with Gasteiger partial charge in [-0.3, -0.25) is 19.3 Å². The highest BCUT2D eigenvalue weighted by Gasteiger charge is 2.20. The van der Waals surface area contributed by atoms with Gasteiger partial charge in [0, 0.05) is 41.3 Å². The minimum absolute atomic E-state index is 0.0421. The Hall–Kier alpha value is -2.85. The van der Waals surface area contributed by atoms with Crippen LogP contribution in [0.25, 0.3) is 0 Å². The number of nitrogens with zero attached hydrogens (tertiary/aromatic N) is 1. The molecule has 0 spiro atoms. The molecule has 2 aromatic rings. The number of amidine groups is 1. The number of anilines is 2. The van der Waals surface area contributed by atoms with Crippen LogP contribution < -0.4 is 15.4 Å². The predicted molar refractivity (Wildman–Crippen MR) is 117 cm³/mol. The number of nitrogens with one attached hydrogen (secondary N) is 3. The highest BCUT2D eigenvalue weighted by atomic mass is 32.2. The van der Waals surface area contributed by atoms with Crippen molar-refractivity contribution in [1.82, 2.24) is 4.72 Å². The molecule has 0 atom stereocenters. The van der Waals surface area contributed by atoms with E-state index >= 15 is 0 Å². The summed E-state index contributed by atoms with van der Waals surface area (Å²) in [5.74, 6) is 0.654. The van der Waals surface area contributed by atoms with Gasteiger partial charge in [-0.2, -0.15) is 0 Å². The lowest BCUT2D eigenvalue weighted by atomic mass is 10.1. The van der Waals surface area contributed by atoms with Crippen LogP contribution in [0.2, 0.25) is 0 Å². The van der Waals surface area contributed by atoms with E-state index in [0.29, 0.717) is 47.9 Å². The number of hydrogen-bond acceptors (Lipinski definition) is 6. The molecule has 0 fully saturated rings. The van der Waals surface area contributed by atoms with Crippen LogP contribution in [-0.4, -0.2) is 38.4 Å². The highest BCUT2D eigenvalue weighted by Crippen LogP contribution is 2.31. The summed E-state index contributed by atoms with van der Waals surface area (Å²) < 4.78 is 27.6. The minimum Gasteiger partial charge on any atom is -0.325 e. The zero-order valence-corrected chi connectivity index (χ0v) is 17.6. The fraction of sp³-hybridized carbons (Fsp3) is 0.250. The van der Waals surface area contributed by atoms with Crippen molar-refractivity contribution in [2.45, 2.75) is 29.1 Å². The van der Waals surface area contributed by atoms with Crippen molar-refractivity contribution >= 4 is 50.8 Å². The van der Waals surface area contributed by atoms with Gasteiger partial charge in [0.05, 0.1) is 10.6 Å². The van der Waals surface area contributed by atoms with E-state index in [-0.39, 0.29) is 10.8 Å². The number of benzene rings is 2. The summed E-state index contributed by atoms with van der Waals surface area (Å²) in [5, 5.41) is 5.52. The van der Waals surface area contributed by atoms with Crippen molar-refractivity contribution in [2.75, 3.05) is 22.9 Å². The van der Waals surface area contributed by atoms with Crippen LogP contribution in [0.5, 0.6) is 0 Å². The molecule has 0 aliphatic carbocycles. The molecule has 30 heavy (non-hydrogen) atoms. The lowest BCUT2D eigenvalue weighted by molar-refractivity contribution is -0.115. The molecule has 0 radical (unpaired) electrons. The first-order valence-electron chi connectivity index (χ1n) is 9.45. The van der Waals surface area contributed by atoms with E-state index in [9.17, 15) is 18.0 Å². The summed E-state index contributed by atoms with van der Waals surface area (Å²) in [4.78, 5) is 29.5. The second-order valence-corrected chi connectivity index (χ2v) is 9.70. The van der Waals surface area contributed by atoms with Crippen LogP contribution in [-0.2, 0) is 14.8 Å². The maximum atomic E-state index is 12.7. The van der Waals surface area contributed by atoms with Gasteiger partial charge < -0.3 is 10.6 Å². The van der Waals surface area contributed by atoms with Crippen LogP contribution in [0.4, 0.5) is 11.4 Å². The lowest BCUT2D eigenvalue weighted by Crippen LogP contribution is -2.29. The Kier molecular flexibility index (Phi) is 5.78. The zero-order chi connectivity index (χ0) is 21.1. The molecule has 0 bridgehead atoms. The van der Waals surface area contributed by atoms with Crippen LogP contribution in [0.1, 0.15) is 29.6 Å². The Morgan fingerprint density at radius 2 is 2.00 bits per heavy atom. The van der Waals surface area contributed by atoms with Crippen molar-refractivity contribution in [3.8, 4) is 0 Å². The number of carbonyl (C=O) groups excluding carboxylic acids is 2. The minimum atomic E-state index is -3.77. The summed E-state index contributed by atoms with van der Waals surface area (Å²) in [6, 6.07) is 11.1. The maximum absolute atomic E-state index is 12.7. The number of carbonyl (C=O) groups is 2. The van der Waals surface area contributed by atoms with Crippen molar-refractivity contribution in [3.05, 3.63) is 48.0 Å². The van der Waals surface area contributed by atoms with Crippen molar-refractivity contribution < 1.29 is 18.0 Å². The van der Waals surface area contributed by atoms with Gasteiger partial charge in [0.15, 0.2) is 0 Å². The van der Waals surface area contributed by atoms with E-state index in [1.54, 1.807) is 42.1 Å². The smallest absolute Gasteiger partial charge is 0.262 e. The number of sulfonamides is 1. The van der Waals surface area contributed by atoms with Crippen LogP contribution in [0, 0.1) is 0 Å². The zero-order valence-electron chi connectivity index (χ0n) is 16.0. The number of rotatable bonds is 4. The van der Waals surface area contributed by atoms with Crippen molar-refractivity contribution in [2.24, 2.45) is 4.99 Å². The Morgan fingerprint density at radius 3 is 2.80 bits per heavy atom. The van der Waals surface area contributed by atoms with Crippen molar-refractivity contribution in [1.29, 1.82) is 0 Å². The maximum Gasteiger partial charge on any atom is 0.262 e. The molecule has 2 aliphatic heterocycles. The van der Waals surface area contributed by atoms with Crippen LogP contribution in [0.3, 0.4) is 0 Å². The molecule has 2 amide bonds. The average molecular weight is 445 g/mol. The third-order valence-electron chi connectivity index (χ3n) is 4.63. The largest absolute Gasteiger partial charge is 0.325 e. The molecule has 0 saturated heterocycles. The SMILES string of the molecule is O=C1CCSc2ccc(C(=O)Nc3cccc(S(=O)(=O)NC4=NCCC4)c3)cc2N1. The van der Waals surface area contributed by atoms with Gasteiger partial charge in [0.1, 0.15) is 5.84 Å². The van der Waals surface area contributed by atoms with Crippen molar-refractivity contribution in [3.63, 3.8) is 0 Å². The first-order chi connectivity index (χ1) is 14.4. The molecule has 156 valence electrons. The predicted octanol–water partition coefficient (Wildman–Crippen LogP) is 2.84. The fourth-order valence-corrected chi connectivity index (χ4v) is 5.21. The molecule has 10 heteroatoms. The summed E-state index contributed by atoms with van der Waals surface area (Å²) in [7, 11) is -3.77. The lowest BCUT2D eigenvalue weighted by Gasteiger charge is -2.11. The molecular formula is C20H20N4O4S2. The summed E-state index contributed by atoms with van der Waals surface area (Å²) >= 11 is 1.56. The molecule has 2 aromatic carbocycles.